The third kappa shape index (κ3) is 2.28. The van der Waals surface area contributed by atoms with E-state index < -0.39 is 0 Å². The first-order valence-electron chi connectivity index (χ1n) is 6.74. The number of carbonyl (C=O) groups is 2. The van der Waals surface area contributed by atoms with Gasteiger partial charge in [0.1, 0.15) is 6.61 Å². The predicted octanol–water partition coefficient (Wildman–Crippen LogP) is 2.25. The van der Waals surface area contributed by atoms with Crippen LogP contribution in [-0.2, 0) is 14.3 Å². The van der Waals surface area contributed by atoms with Crippen LogP contribution in [0.25, 0.3) is 0 Å². The minimum atomic E-state index is -0.348. The van der Waals surface area contributed by atoms with Crippen molar-refractivity contribution in [1.29, 1.82) is 0 Å². The van der Waals surface area contributed by atoms with Crippen LogP contribution in [-0.4, -0.2) is 30.4 Å². The summed E-state index contributed by atoms with van der Waals surface area (Å²) in [5.41, 5.74) is 0.461. The first-order chi connectivity index (χ1) is 8.59. The van der Waals surface area contributed by atoms with Gasteiger partial charge in [0.05, 0.1) is 5.70 Å². The molecule has 4 heteroatoms. The van der Waals surface area contributed by atoms with E-state index in [0.29, 0.717) is 5.70 Å². The molecular formula is C14H21NO3. The molecule has 4 nitrogen and oxygen atoms in total. The molecule has 18 heavy (non-hydrogen) atoms. The maximum atomic E-state index is 12.7. The molecule has 1 amide bonds. The normalized spacial score (nSPS) is 22.3. The summed E-state index contributed by atoms with van der Waals surface area (Å²) in [6, 6.07) is 0. The molecule has 0 bridgehead atoms. The summed E-state index contributed by atoms with van der Waals surface area (Å²) in [7, 11) is 1.75. The van der Waals surface area contributed by atoms with Crippen molar-refractivity contribution in [1.82, 2.24) is 4.90 Å². The lowest BCUT2D eigenvalue weighted by atomic mass is 9.71. The van der Waals surface area contributed by atoms with E-state index >= 15 is 0 Å². The van der Waals surface area contributed by atoms with Crippen molar-refractivity contribution in [2.45, 2.75) is 45.4 Å². The van der Waals surface area contributed by atoms with Crippen molar-refractivity contribution in [2.24, 2.45) is 5.41 Å². The van der Waals surface area contributed by atoms with E-state index in [0.717, 1.165) is 32.1 Å². The maximum Gasteiger partial charge on any atom is 0.333 e. The summed E-state index contributed by atoms with van der Waals surface area (Å²) in [6.07, 6.45) is 7.71. The minimum absolute atomic E-state index is 0.147. The monoisotopic (exact) mass is 251 g/mol. The molecule has 0 aromatic heterocycles. The Labute approximate surface area is 108 Å². The predicted molar refractivity (Wildman–Crippen MR) is 67.6 cm³/mol. The summed E-state index contributed by atoms with van der Waals surface area (Å²) >= 11 is 0. The van der Waals surface area contributed by atoms with Gasteiger partial charge < -0.3 is 9.64 Å². The topological polar surface area (TPSA) is 46.6 Å². The Morgan fingerprint density at radius 2 is 2.06 bits per heavy atom. The Hall–Kier alpha value is -1.32. The van der Waals surface area contributed by atoms with E-state index in [9.17, 15) is 9.59 Å². The third-order valence-corrected chi connectivity index (χ3v) is 4.32. The summed E-state index contributed by atoms with van der Waals surface area (Å²) in [5.74, 6) is -0.201. The van der Waals surface area contributed by atoms with E-state index in [4.69, 9.17) is 4.74 Å². The number of carbonyl (C=O) groups excluding carboxylic acids is 2. The van der Waals surface area contributed by atoms with Gasteiger partial charge >= 0.3 is 5.97 Å². The smallest absolute Gasteiger partial charge is 0.333 e. The largest absolute Gasteiger partial charge is 0.456 e. The lowest BCUT2D eigenvalue weighted by molar-refractivity contribution is -0.142. The van der Waals surface area contributed by atoms with Gasteiger partial charge in [-0.05, 0) is 19.3 Å². The van der Waals surface area contributed by atoms with Gasteiger partial charge in [-0.2, -0.15) is 0 Å². The molecular weight excluding hydrogens is 230 g/mol. The molecule has 2 rings (SSSR count). The summed E-state index contributed by atoms with van der Waals surface area (Å²) in [5, 5.41) is 0. The number of nitrogens with zero attached hydrogens (tertiary/aromatic N) is 1. The molecule has 1 saturated carbocycles. The van der Waals surface area contributed by atoms with Crippen molar-refractivity contribution in [3.05, 3.63) is 11.8 Å². The van der Waals surface area contributed by atoms with Crippen molar-refractivity contribution in [2.75, 3.05) is 13.7 Å². The molecule has 0 N–H and O–H groups in total. The first kappa shape index (κ1) is 13.1. The number of ether oxygens (including phenoxy) is 1. The average molecular weight is 251 g/mol. The van der Waals surface area contributed by atoms with Crippen molar-refractivity contribution < 1.29 is 14.3 Å². The Bertz CT molecular complexity index is 381. The molecule has 1 fully saturated rings. The van der Waals surface area contributed by atoms with Gasteiger partial charge in [0.2, 0.25) is 5.91 Å². The van der Waals surface area contributed by atoms with Crippen LogP contribution in [0.5, 0.6) is 0 Å². The second-order valence-corrected chi connectivity index (χ2v) is 5.30. The average Bonchev–Trinajstić information content (AvgIpc) is 2.84. The lowest BCUT2D eigenvalue weighted by Crippen LogP contribution is -2.42. The number of hydrogen-bond donors (Lipinski definition) is 0. The van der Waals surface area contributed by atoms with Gasteiger partial charge in [-0.15, -0.1) is 0 Å². The zero-order valence-electron chi connectivity index (χ0n) is 11.2. The highest BCUT2D eigenvalue weighted by Crippen LogP contribution is 2.41. The van der Waals surface area contributed by atoms with E-state index in [2.05, 4.69) is 6.92 Å². The van der Waals surface area contributed by atoms with Crippen LogP contribution < -0.4 is 0 Å². The molecule has 1 aliphatic heterocycles. The Balaban J connectivity index is 2.13. The fourth-order valence-corrected chi connectivity index (χ4v) is 2.99. The highest BCUT2D eigenvalue weighted by molar-refractivity contribution is 5.89. The quantitative estimate of drug-likeness (QED) is 0.723. The van der Waals surface area contributed by atoms with Gasteiger partial charge in [0.25, 0.3) is 0 Å². The zero-order valence-corrected chi connectivity index (χ0v) is 11.2. The van der Waals surface area contributed by atoms with Gasteiger partial charge in [0, 0.05) is 18.5 Å². The number of hydrogen-bond acceptors (Lipinski definition) is 3. The van der Waals surface area contributed by atoms with Crippen molar-refractivity contribution >= 4 is 11.9 Å². The van der Waals surface area contributed by atoms with E-state index in [-0.39, 0.29) is 23.9 Å². The van der Waals surface area contributed by atoms with Crippen molar-refractivity contribution in [3.63, 3.8) is 0 Å². The second-order valence-electron chi connectivity index (χ2n) is 5.30. The number of cyclic esters (lactones) is 1. The first-order valence-corrected chi connectivity index (χ1v) is 6.74. The molecule has 0 saturated heterocycles. The molecule has 0 radical (unpaired) electrons. The minimum Gasteiger partial charge on any atom is -0.456 e. The molecule has 0 spiro atoms. The maximum absolute atomic E-state index is 12.7. The molecule has 0 unspecified atom stereocenters. The highest BCUT2D eigenvalue weighted by atomic mass is 16.5. The Morgan fingerprint density at radius 1 is 1.39 bits per heavy atom. The molecule has 2 aliphatic rings. The number of rotatable bonds is 3. The van der Waals surface area contributed by atoms with Crippen LogP contribution in [0.2, 0.25) is 0 Å². The van der Waals surface area contributed by atoms with Crippen LogP contribution in [0.15, 0.2) is 11.8 Å². The molecule has 0 atom stereocenters. The van der Waals surface area contributed by atoms with Gasteiger partial charge in [-0.3, -0.25) is 4.79 Å². The van der Waals surface area contributed by atoms with Crippen LogP contribution in [0.4, 0.5) is 0 Å². The van der Waals surface area contributed by atoms with Crippen LogP contribution >= 0.6 is 0 Å². The number of amides is 1. The molecule has 1 heterocycles. The summed E-state index contributed by atoms with van der Waals surface area (Å²) in [4.78, 5) is 25.4. The van der Waals surface area contributed by atoms with E-state index in [1.54, 1.807) is 11.9 Å². The molecule has 0 aromatic rings. The fourth-order valence-electron chi connectivity index (χ4n) is 2.99. The van der Waals surface area contributed by atoms with E-state index in [1.165, 1.54) is 12.5 Å². The standard InChI is InChI=1S/C14H21NO3/c1-3-14(7-5-4-6-8-14)13(17)15(2)11-9-12(16)18-10-11/h9H,3-8,10H2,1-2H3. The second kappa shape index (κ2) is 5.12. The number of likely N-dealkylation sites (N-methyl/N-ethyl adjacent to an activating group) is 1. The highest BCUT2D eigenvalue weighted by Gasteiger charge is 2.40. The zero-order chi connectivity index (χ0) is 13.2. The summed E-state index contributed by atoms with van der Waals surface area (Å²) in [6.45, 7) is 2.31. The summed E-state index contributed by atoms with van der Waals surface area (Å²) < 4.78 is 4.87. The van der Waals surface area contributed by atoms with Crippen LogP contribution in [0.3, 0.4) is 0 Å². The number of esters is 1. The SMILES string of the molecule is CCC1(C(=O)N(C)C2=CC(=O)OC2)CCCCC1. The molecule has 100 valence electrons. The molecule has 1 aliphatic carbocycles. The van der Waals surface area contributed by atoms with Gasteiger partial charge in [0.15, 0.2) is 0 Å². The third-order valence-electron chi connectivity index (χ3n) is 4.32. The van der Waals surface area contributed by atoms with Gasteiger partial charge in [-0.25, -0.2) is 4.79 Å². The molecule has 0 aromatic carbocycles. The Morgan fingerprint density at radius 3 is 2.56 bits per heavy atom. The van der Waals surface area contributed by atoms with Crippen LogP contribution in [0, 0.1) is 5.41 Å². The Kier molecular flexibility index (Phi) is 3.73. The van der Waals surface area contributed by atoms with E-state index in [1.807, 2.05) is 0 Å². The van der Waals surface area contributed by atoms with Crippen LogP contribution in [0.1, 0.15) is 45.4 Å². The van der Waals surface area contributed by atoms with Crippen molar-refractivity contribution in [3.8, 4) is 0 Å². The van der Waals surface area contributed by atoms with Gasteiger partial charge in [-0.1, -0.05) is 26.2 Å². The lowest BCUT2D eigenvalue weighted by Gasteiger charge is -2.38. The fraction of sp³-hybridized carbons (Fsp3) is 0.714.